The van der Waals surface area contributed by atoms with E-state index in [0.29, 0.717) is 18.9 Å². The van der Waals surface area contributed by atoms with Crippen molar-refractivity contribution in [2.75, 3.05) is 18.5 Å². The molecule has 22 heavy (non-hydrogen) atoms. The molecule has 1 aromatic rings. The van der Waals surface area contributed by atoms with Crippen LogP contribution >= 0.6 is 0 Å². The van der Waals surface area contributed by atoms with Crippen LogP contribution in [0.2, 0.25) is 0 Å². The molecule has 0 spiro atoms. The average molecular weight is 302 g/mol. The lowest BCUT2D eigenvalue weighted by molar-refractivity contribution is -0.122. The SMILES string of the molecule is CC(C)CC(=O)NCCc1ccc2c(c1)C(C)(C)C(=O)N2C. The Hall–Kier alpha value is -1.84. The predicted molar refractivity (Wildman–Crippen MR) is 89.0 cm³/mol. The highest BCUT2D eigenvalue weighted by Crippen LogP contribution is 2.41. The molecule has 0 unspecified atom stereocenters. The van der Waals surface area contributed by atoms with Gasteiger partial charge in [0.1, 0.15) is 0 Å². The van der Waals surface area contributed by atoms with Crippen LogP contribution in [0.3, 0.4) is 0 Å². The van der Waals surface area contributed by atoms with Gasteiger partial charge in [-0.3, -0.25) is 9.59 Å². The van der Waals surface area contributed by atoms with Crippen LogP contribution in [0.1, 0.15) is 45.2 Å². The third-order valence-electron chi connectivity index (χ3n) is 4.26. The summed E-state index contributed by atoms with van der Waals surface area (Å²) in [6.07, 6.45) is 1.35. The predicted octanol–water partition coefficient (Wildman–Crippen LogP) is 2.65. The molecule has 1 N–H and O–H groups in total. The van der Waals surface area contributed by atoms with E-state index in [1.807, 2.05) is 46.9 Å². The number of anilines is 1. The molecule has 4 nitrogen and oxygen atoms in total. The molecule has 0 radical (unpaired) electrons. The van der Waals surface area contributed by atoms with E-state index in [1.54, 1.807) is 4.90 Å². The first-order chi connectivity index (χ1) is 10.2. The van der Waals surface area contributed by atoms with Gasteiger partial charge < -0.3 is 10.2 Å². The van der Waals surface area contributed by atoms with Crippen molar-refractivity contribution in [3.63, 3.8) is 0 Å². The number of rotatable bonds is 5. The molecule has 0 aromatic heterocycles. The summed E-state index contributed by atoms with van der Waals surface area (Å²) in [4.78, 5) is 25.7. The van der Waals surface area contributed by atoms with E-state index in [2.05, 4.69) is 11.4 Å². The molecule has 2 rings (SSSR count). The highest BCUT2D eigenvalue weighted by Gasteiger charge is 2.42. The van der Waals surface area contributed by atoms with Crippen LogP contribution in [-0.4, -0.2) is 25.4 Å². The van der Waals surface area contributed by atoms with Gasteiger partial charge in [0.05, 0.1) is 5.41 Å². The first-order valence-corrected chi connectivity index (χ1v) is 7.91. The number of carbonyl (C=O) groups excluding carboxylic acids is 2. The van der Waals surface area contributed by atoms with Crippen LogP contribution in [0.15, 0.2) is 18.2 Å². The zero-order chi connectivity index (χ0) is 16.5. The number of nitrogens with zero attached hydrogens (tertiary/aromatic N) is 1. The fourth-order valence-corrected chi connectivity index (χ4v) is 2.96. The molecule has 0 saturated heterocycles. The molecule has 0 atom stereocenters. The summed E-state index contributed by atoms with van der Waals surface area (Å²) < 4.78 is 0. The lowest BCUT2D eigenvalue weighted by Gasteiger charge is -2.16. The molecule has 120 valence electrons. The molecular weight excluding hydrogens is 276 g/mol. The van der Waals surface area contributed by atoms with Crippen molar-refractivity contribution in [1.29, 1.82) is 0 Å². The first-order valence-electron chi connectivity index (χ1n) is 7.91. The number of amides is 2. The van der Waals surface area contributed by atoms with E-state index in [4.69, 9.17) is 0 Å². The van der Waals surface area contributed by atoms with Gasteiger partial charge in [-0.15, -0.1) is 0 Å². The fourth-order valence-electron chi connectivity index (χ4n) is 2.96. The number of fused-ring (bicyclic) bond motifs is 1. The van der Waals surface area contributed by atoms with Gasteiger partial charge in [0.25, 0.3) is 0 Å². The zero-order valence-corrected chi connectivity index (χ0v) is 14.2. The Bertz CT molecular complexity index is 591. The van der Waals surface area contributed by atoms with Crippen LogP contribution < -0.4 is 10.2 Å². The monoisotopic (exact) mass is 302 g/mol. The highest BCUT2D eigenvalue weighted by molar-refractivity contribution is 6.07. The largest absolute Gasteiger partial charge is 0.356 e. The second kappa shape index (κ2) is 6.11. The second-order valence-electron chi connectivity index (χ2n) is 7.04. The third-order valence-corrected chi connectivity index (χ3v) is 4.26. The van der Waals surface area contributed by atoms with E-state index >= 15 is 0 Å². The quantitative estimate of drug-likeness (QED) is 0.909. The molecule has 1 aliphatic heterocycles. The number of likely N-dealkylation sites (N-methyl/N-ethyl adjacent to an activating group) is 1. The number of hydrogen-bond donors (Lipinski definition) is 1. The second-order valence-corrected chi connectivity index (χ2v) is 7.04. The number of nitrogens with one attached hydrogen (secondary N) is 1. The van der Waals surface area contributed by atoms with Crippen LogP contribution in [0, 0.1) is 5.92 Å². The van der Waals surface area contributed by atoms with Crippen molar-refractivity contribution in [2.24, 2.45) is 5.92 Å². The summed E-state index contributed by atoms with van der Waals surface area (Å²) in [6, 6.07) is 6.15. The van der Waals surface area contributed by atoms with Crippen LogP contribution in [0.4, 0.5) is 5.69 Å². The van der Waals surface area contributed by atoms with E-state index in [0.717, 1.165) is 23.2 Å². The van der Waals surface area contributed by atoms with Gasteiger partial charge >= 0.3 is 0 Å². The first kappa shape index (κ1) is 16.5. The summed E-state index contributed by atoms with van der Waals surface area (Å²) in [7, 11) is 1.82. The molecule has 4 heteroatoms. The van der Waals surface area contributed by atoms with Gasteiger partial charge in [0, 0.05) is 25.7 Å². The maximum absolute atomic E-state index is 12.3. The molecule has 0 bridgehead atoms. The minimum absolute atomic E-state index is 0.103. The van der Waals surface area contributed by atoms with Crippen LogP contribution in [0.25, 0.3) is 0 Å². The van der Waals surface area contributed by atoms with Gasteiger partial charge in [-0.2, -0.15) is 0 Å². The lowest BCUT2D eigenvalue weighted by Crippen LogP contribution is -2.33. The van der Waals surface area contributed by atoms with Crippen molar-refractivity contribution in [2.45, 2.75) is 46.0 Å². The summed E-state index contributed by atoms with van der Waals surface area (Å²) in [5.41, 5.74) is 2.74. The smallest absolute Gasteiger partial charge is 0.236 e. The van der Waals surface area contributed by atoms with Crippen LogP contribution in [-0.2, 0) is 21.4 Å². The highest BCUT2D eigenvalue weighted by atomic mass is 16.2. The Morgan fingerprint density at radius 3 is 2.64 bits per heavy atom. The Morgan fingerprint density at radius 1 is 1.32 bits per heavy atom. The maximum atomic E-state index is 12.3. The average Bonchev–Trinajstić information content (AvgIpc) is 2.60. The van der Waals surface area contributed by atoms with E-state index < -0.39 is 5.41 Å². The van der Waals surface area contributed by atoms with Gasteiger partial charge in [-0.05, 0) is 43.4 Å². The molecule has 1 aliphatic rings. The van der Waals surface area contributed by atoms with E-state index in [-0.39, 0.29) is 11.8 Å². The minimum Gasteiger partial charge on any atom is -0.356 e. The number of carbonyl (C=O) groups is 2. The number of hydrogen-bond acceptors (Lipinski definition) is 2. The Balaban J connectivity index is 2.03. The molecule has 0 aliphatic carbocycles. The molecule has 1 aromatic carbocycles. The Kier molecular flexibility index (Phi) is 4.59. The van der Waals surface area contributed by atoms with Crippen molar-refractivity contribution in [3.05, 3.63) is 29.3 Å². The molecule has 0 fully saturated rings. The zero-order valence-electron chi connectivity index (χ0n) is 14.2. The van der Waals surface area contributed by atoms with Gasteiger partial charge in [0.15, 0.2) is 0 Å². The molecule has 2 amide bonds. The van der Waals surface area contributed by atoms with Crippen molar-refractivity contribution in [3.8, 4) is 0 Å². The summed E-state index contributed by atoms with van der Waals surface area (Å²) in [6.45, 7) is 8.64. The standard InChI is InChI=1S/C18H26N2O2/c1-12(2)10-16(21)19-9-8-13-6-7-15-14(11-13)18(3,4)17(22)20(15)5/h6-7,11-12H,8-10H2,1-5H3,(H,19,21). The number of benzene rings is 1. The molecular formula is C18H26N2O2. The normalized spacial score (nSPS) is 16.1. The molecule has 0 saturated carbocycles. The van der Waals surface area contributed by atoms with E-state index in [1.165, 1.54) is 0 Å². The maximum Gasteiger partial charge on any atom is 0.236 e. The van der Waals surface area contributed by atoms with E-state index in [9.17, 15) is 9.59 Å². The van der Waals surface area contributed by atoms with Gasteiger partial charge in [-0.1, -0.05) is 26.0 Å². The third kappa shape index (κ3) is 3.16. The lowest BCUT2D eigenvalue weighted by atomic mass is 9.85. The molecule has 1 heterocycles. The summed E-state index contributed by atoms with van der Waals surface area (Å²) >= 11 is 0. The summed E-state index contributed by atoms with van der Waals surface area (Å²) in [5.74, 6) is 0.610. The minimum atomic E-state index is -0.471. The Labute approximate surface area is 132 Å². The van der Waals surface area contributed by atoms with Crippen molar-refractivity contribution >= 4 is 17.5 Å². The van der Waals surface area contributed by atoms with Crippen LogP contribution in [0.5, 0.6) is 0 Å². The summed E-state index contributed by atoms with van der Waals surface area (Å²) in [5, 5.41) is 2.95. The topological polar surface area (TPSA) is 49.4 Å². The van der Waals surface area contributed by atoms with Crippen molar-refractivity contribution in [1.82, 2.24) is 5.32 Å². The van der Waals surface area contributed by atoms with Crippen molar-refractivity contribution < 1.29 is 9.59 Å². The fraction of sp³-hybridized carbons (Fsp3) is 0.556. The Morgan fingerprint density at radius 2 is 2.00 bits per heavy atom. The van der Waals surface area contributed by atoms with Gasteiger partial charge in [-0.25, -0.2) is 0 Å². The van der Waals surface area contributed by atoms with Gasteiger partial charge in [0.2, 0.25) is 11.8 Å².